The van der Waals surface area contributed by atoms with Crippen LogP contribution in [0.1, 0.15) is 169 Å². The first-order valence-electron chi connectivity index (χ1n) is 28.6. The van der Waals surface area contributed by atoms with Gasteiger partial charge in [0, 0.05) is 13.2 Å². The lowest BCUT2D eigenvalue weighted by atomic mass is 9.87. The van der Waals surface area contributed by atoms with Crippen LogP contribution in [-0.4, -0.2) is 159 Å². The summed E-state index contributed by atoms with van der Waals surface area (Å²) in [6, 6.07) is 0. The third kappa shape index (κ3) is 19.4. The van der Waals surface area contributed by atoms with Gasteiger partial charge in [0.2, 0.25) is 0 Å². The van der Waals surface area contributed by atoms with Gasteiger partial charge in [-0.15, -0.1) is 0 Å². The minimum atomic E-state index is -8.95. The van der Waals surface area contributed by atoms with Crippen molar-refractivity contribution in [2.45, 2.75) is 270 Å². The standard InChI is InChI=1S/C53H76F32O5/c1-5-9-13-17-21-35(22-18-14-10-6-2)25-27-87-31-38(54,55)42(62,63)46(70,71)50(78,79)52(82,83)48(74,75)44(66,67)40(58,59)33-89-29-37(86)30-90-34-41(60,61)45(68,69)49(76,77)53(84,85)51(80,81)47(72,73)43(64,65)39(56,57)32-88-28-26-36(23-19-15-11-7-3)24-20-16-12-8-4/h35-37,86H,5-34H2,1-4H3. The minimum Gasteiger partial charge on any atom is -0.388 e. The molecule has 0 spiro atoms. The molecular weight excluding hydrogens is 1320 g/mol. The Morgan fingerprint density at radius 2 is 0.411 bits per heavy atom. The maximum absolute atomic E-state index is 14.5. The van der Waals surface area contributed by atoms with E-state index < -0.39 is 154 Å². The molecule has 0 aliphatic heterocycles. The average molecular weight is 1400 g/mol. The van der Waals surface area contributed by atoms with Crippen molar-refractivity contribution >= 4 is 0 Å². The fourth-order valence-corrected chi connectivity index (χ4v) is 8.76. The van der Waals surface area contributed by atoms with Gasteiger partial charge in [0.1, 0.15) is 32.5 Å². The quantitative estimate of drug-likeness (QED) is 0.0486. The normalized spacial score (nSPS) is 15.2. The van der Waals surface area contributed by atoms with Gasteiger partial charge in [0.25, 0.3) is 0 Å². The van der Waals surface area contributed by atoms with Crippen LogP contribution >= 0.6 is 0 Å². The fraction of sp³-hybridized carbons (Fsp3) is 1.00. The fourth-order valence-electron chi connectivity index (χ4n) is 8.76. The number of aliphatic hydroxyl groups is 1. The van der Waals surface area contributed by atoms with Crippen molar-refractivity contribution in [3.05, 3.63) is 0 Å². The van der Waals surface area contributed by atoms with Crippen LogP contribution in [0.4, 0.5) is 140 Å². The molecule has 0 aromatic carbocycles. The van der Waals surface area contributed by atoms with Gasteiger partial charge in [-0.05, 0) is 24.7 Å². The molecule has 0 aliphatic rings. The number of aliphatic hydroxyl groups excluding tert-OH is 1. The molecule has 0 saturated carbocycles. The summed E-state index contributed by atoms with van der Waals surface area (Å²) in [5.74, 6) is -132. The maximum atomic E-state index is 14.5. The first-order chi connectivity index (χ1) is 40.6. The molecule has 90 heavy (non-hydrogen) atoms. The number of hydrogen-bond acceptors (Lipinski definition) is 5. The lowest BCUT2D eigenvalue weighted by molar-refractivity contribution is -0.455. The summed E-state index contributed by atoms with van der Waals surface area (Å²) in [5, 5.41) is 9.58. The van der Waals surface area contributed by atoms with Gasteiger partial charge in [0.05, 0.1) is 13.2 Å². The summed E-state index contributed by atoms with van der Waals surface area (Å²) in [7, 11) is 0. The largest absolute Gasteiger partial charge is 0.388 e. The Hall–Kier alpha value is -2.44. The Bertz CT molecular complexity index is 1860. The van der Waals surface area contributed by atoms with Gasteiger partial charge in [-0.25, -0.2) is 0 Å². The van der Waals surface area contributed by atoms with E-state index >= 15 is 0 Å². The van der Waals surface area contributed by atoms with Gasteiger partial charge in [0.15, 0.2) is 0 Å². The van der Waals surface area contributed by atoms with Crippen LogP contribution in [0.2, 0.25) is 0 Å². The predicted octanol–water partition coefficient (Wildman–Crippen LogP) is 20.5. The Morgan fingerprint density at radius 3 is 0.600 bits per heavy atom. The molecule has 0 atom stereocenters. The second-order valence-corrected chi connectivity index (χ2v) is 22.2. The zero-order chi connectivity index (χ0) is 70.8. The van der Waals surface area contributed by atoms with E-state index in [1.54, 1.807) is 0 Å². The third-order valence-electron chi connectivity index (χ3n) is 14.7. The van der Waals surface area contributed by atoms with Gasteiger partial charge in [-0.1, -0.05) is 156 Å². The van der Waals surface area contributed by atoms with Gasteiger partial charge < -0.3 is 24.1 Å². The third-order valence-corrected chi connectivity index (χ3v) is 14.7. The van der Waals surface area contributed by atoms with Crippen LogP contribution in [-0.2, 0) is 18.9 Å². The molecule has 37 heteroatoms. The van der Waals surface area contributed by atoms with Crippen LogP contribution < -0.4 is 0 Å². The molecular formula is C53H76F32O5. The van der Waals surface area contributed by atoms with Crippen molar-refractivity contribution in [2.75, 3.05) is 52.9 Å². The molecule has 0 bridgehead atoms. The van der Waals surface area contributed by atoms with Crippen LogP contribution in [0.25, 0.3) is 0 Å². The summed E-state index contributed by atoms with van der Waals surface area (Å²) in [6.07, 6.45) is 8.73. The molecule has 542 valence electrons. The van der Waals surface area contributed by atoms with E-state index in [0.717, 1.165) is 51.4 Å². The van der Waals surface area contributed by atoms with E-state index in [9.17, 15) is 146 Å². The topological polar surface area (TPSA) is 57.2 Å². The molecule has 0 radical (unpaired) electrons. The summed E-state index contributed by atoms with van der Waals surface area (Å²) in [4.78, 5) is 0. The van der Waals surface area contributed by atoms with Crippen molar-refractivity contribution in [3.8, 4) is 0 Å². The number of halogens is 32. The van der Waals surface area contributed by atoms with E-state index in [0.29, 0.717) is 77.0 Å². The highest BCUT2D eigenvalue weighted by atomic mass is 19.4. The molecule has 0 aromatic rings. The van der Waals surface area contributed by atoms with E-state index in [1.807, 2.05) is 27.7 Å². The van der Waals surface area contributed by atoms with Crippen molar-refractivity contribution in [2.24, 2.45) is 11.8 Å². The van der Waals surface area contributed by atoms with Crippen LogP contribution in [0.3, 0.4) is 0 Å². The summed E-state index contributed by atoms with van der Waals surface area (Å²) < 4.78 is 480. The molecule has 0 heterocycles. The Labute approximate surface area is 498 Å². The Kier molecular flexibility index (Phi) is 33.1. The first kappa shape index (κ1) is 87.6. The van der Waals surface area contributed by atoms with E-state index in [-0.39, 0.29) is 24.7 Å². The molecule has 1 N–H and O–H groups in total. The second kappa shape index (κ2) is 34.0. The summed E-state index contributed by atoms with van der Waals surface area (Å²) in [6.45, 7) is -13.1. The lowest BCUT2D eigenvalue weighted by Gasteiger charge is -2.43. The predicted molar refractivity (Wildman–Crippen MR) is 260 cm³/mol. The van der Waals surface area contributed by atoms with Gasteiger partial charge in [-0.3, -0.25) is 0 Å². The van der Waals surface area contributed by atoms with E-state index in [2.05, 4.69) is 18.9 Å². The minimum absolute atomic E-state index is 0.264. The van der Waals surface area contributed by atoms with E-state index in [4.69, 9.17) is 0 Å². The van der Waals surface area contributed by atoms with Crippen molar-refractivity contribution in [3.63, 3.8) is 0 Å². The number of ether oxygens (including phenoxy) is 4. The van der Waals surface area contributed by atoms with Crippen molar-refractivity contribution in [1.29, 1.82) is 0 Å². The highest BCUT2D eigenvalue weighted by molar-refractivity contribution is 5.17. The molecule has 0 rings (SSSR count). The molecule has 0 amide bonds. The second-order valence-electron chi connectivity index (χ2n) is 22.2. The smallest absolute Gasteiger partial charge is 0.385 e. The molecule has 0 fully saturated rings. The zero-order valence-electron chi connectivity index (χ0n) is 49.1. The molecule has 0 unspecified atom stereocenters. The maximum Gasteiger partial charge on any atom is 0.385 e. The molecule has 5 nitrogen and oxygen atoms in total. The average Bonchev–Trinajstić information content (AvgIpc) is 0.705. The monoisotopic (exact) mass is 1400 g/mol. The zero-order valence-corrected chi connectivity index (χ0v) is 49.1. The summed E-state index contributed by atoms with van der Waals surface area (Å²) >= 11 is 0. The highest BCUT2D eigenvalue weighted by Gasteiger charge is 2.96. The summed E-state index contributed by atoms with van der Waals surface area (Å²) in [5.41, 5.74) is 0. The lowest BCUT2D eigenvalue weighted by Crippen LogP contribution is -2.75. The van der Waals surface area contributed by atoms with Crippen LogP contribution in [0.15, 0.2) is 0 Å². The highest BCUT2D eigenvalue weighted by Crippen LogP contribution is 2.66. The van der Waals surface area contributed by atoms with E-state index in [1.165, 1.54) is 0 Å². The molecule has 0 aliphatic carbocycles. The first-order valence-corrected chi connectivity index (χ1v) is 28.6. The van der Waals surface area contributed by atoms with Gasteiger partial charge >= 0.3 is 94.8 Å². The van der Waals surface area contributed by atoms with Crippen molar-refractivity contribution < 1.29 is 165 Å². The number of alkyl halides is 32. The van der Waals surface area contributed by atoms with Crippen LogP contribution in [0, 0.1) is 11.8 Å². The van der Waals surface area contributed by atoms with Crippen LogP contribution in [0.5, 0.6) is 0 Å². The Morgan fingerprint density at radius 1 is 0.233 bits per heavy atom. The molecule has 0 saturated heterocycles. The van der Waals surface area contributed by atoms with Gasteiger partial charge in [-0.2, -0.15) is 140 Å². The number of unbranched alkanes of at least 4 members (excludes halogenated alkanes) is 12. The number of hydrogen-bond donors (Lipinski definition) is 1. The number of rotatable bonds is 52. The SMILES string of the molecule is CCCCCCC(CCCCCC)CCOCC(F)(F)C(F)(F)C(F)(F)C(F)(F)C(F)(F)C(F)(F)C(F)(F)C(F)(F)COCC(O)COCC(F)(F)C(F)(F)C(F)(F)C(F)(F)C(F)(F)C(F)(F)C(F)(F)C(F)(F)COCCC(CCCCCC)CCCCCC. The molecule has 0 aromatic heterocycles. The Balaban J connectivity index is 6.18. The van der Waals surface area contributed by atoms with Crippen molar-refractivity contribution in [1.82, 2.24) is 0 Å².